The maximum Gasteiger partial charge on any atom is 0.308 e. The van der Waals surface area contributed by atoms with E-state index in [0.29, 0.717) is 24.7 Å². The molecule has 8 heteroatoms. The molecule has 0 bridgehead atoms. The highest BCUT2D eigenvalue weighted by Crippen LogP contribution is 2.24. The third-order valence-corrected chi connectivity index (χ3v) is 5.92. The minimum Gasteiger partial charge on any atom is -0.466 e. The molecule has 1 heterocycles. The van der Waals surface area contributed by atoms with Crippen molar-refractivity contribution in [1.29, 1.82) is 0 Å². The molecule has 1 N–H and O–H groups in total. The van der Waals surface area contributed by atoms with Gasteiger partial charge in [-0.3, -0.25) is 14.4 Å². The van der Waals surface area contributed by atoms with Crippen LogP contribution in [0.5, 0.6) is 0 Å². The topological polar surface area (TPSA) is 75.7 Å². The van der Waals surface area contributed by atoms with Crippen molar-refractivity contribution in [2.24, 2.45) is 0 Å². The third-order valence-electron chi connectivity index (χ3n) is 5.37. The minimum atomic E-state index is -0.918. The number of hydrogen-bond acceptors (Lipinski definition) is 4. The largest absolute Gasteiger partial charge is 0.466 e. The van der Waals surface area contributed by atoms with Gasteiger partial charge in [-0.25, -0.2) is 0 Å². The number of carbonyl (C=O) groups excluding carboxylic acids is 3. The number of benzene rings is 1. The molecular weight excluding hydrogens is 439 g/mol. The number of nitrogens with one attached hydrogen (secondary N) is 1. The lowest BCUT2D eigenvalue weighted by Crippen LogP contribution is -2.57. The molecule has 172 valence electrons. The van der Waals surface area contributed by atoms with Gasteiger partial charge in [0.1, 0.15) is 6.04 Å². The second-order valence-electron chi connectivity index (χ2n) is 7.83. The molecule has 0 radical (unpaired) electrons. The van der Waals surface area contributed by atoms with Gasteiger partial charge in [-0.15, -0.1) is 0 Å². The maximum atomic E-state index is 13.0. The van der Waals surface area contributed by atoms with Crippen LogP contribution >= 0.6 is 23.2 Å². The average Bonchev–Trinajstić information content (AvgIpc) is 2.73. The average molecular weight is 471 g/mol. The molecule has 1 aliphatic rings. The Balaban J connectivity index is 1.81. The zero-order valence-electron chi connectivity index (χ0n) is 18.1. The van der Waals surface area contributed by atoms with Crippen LogP contribution < -0.4 is 5.32 Å². The van der Waals surface area contributed by atoms with E-state index in [1.165, 1.54) is 49.1 Å². The van der Waals surface area contributed by atoms with Crippen molar-refractivity contribution in [3.63, 3.8) is 0 Å². The van der Waals surface area contributed by atoms with E-state index >= 15 is 0 Å². The van der Waals surface area contributed by atoms with Crippen LogP contribution in [0.4, 0.5) is 0 Å². The second-order valence-corrected chi connectivity index (χ2v) is 8.67. The standard InChI is InChI=1S/C23H32Cl2N2O4/c1-2-3-4-5-6-7-8-9-14-31-21(28)16-20-22(29)26-12-13-27(20)23(30)18-11-10-17(24)15-19(18)25/h10-11,15,20H,2-9,12-14,16H2,1H3,(H,26,29). The fraction of sp³-hybridized carbons (Fsp3) is 0.609. The van der Waals surface area contributed by atoms with Crippen molar-refractivity contribution in [2.45, 2.75) is 70.8 Å². The van der Waals surface area contributed by atoms with Gasteiger partial charge in [-0.2, -0.15) is 0 Å². The van der Waals surface area contributed by atoms with Crippen LogP contribution in [-0.2, 0) is 14.3 Å². The zero-order valence-corrected chi connectivity index (χ0v) is 19.6. The number of rotatable bonds is 12. The summed E-state index contributed by atoms with van der Waals surface area (Å²) in [5.41, 5.74) is 0.248. The van der Waals surface area contributed by atoms with Crippen molar-refractivity contribution in [1.82, 2.24) is 10.2 Å². The number of nitrogens with zero attached hydrogens (tertiary/aromatic N) is 1. The Bertz CT molecular complexity index is 757. The van der Waals surface area contributed by atoms with E-state index in [9.17, 15) is 14.4 Å². The van der Waals surface area contributed by atoms with E-state index in [-0.39, 0.29) is 22.9 Å². The SMILES string of the molecule is CCCCCCCCCCOC(=O)CC1C(=O)NCCN1C(=O)c1ccc(Cl)cc1Cl. The third kappa shape index (κ3) is 8.34. The quantitative estimate of drug-likeness (QED) is 0.344. The Hall–Kier alpha value is -1.79. The molecule has 1 fully saturated rings. The van der Waals surface area contributed by atoms with Gasteiger partial charge in [0.2, 0.25) is 5.91 Å². The molecule has 1 aromatic rings. The minimum absolute atomic E-state index is 0.181. The number of ether oxygens (including phenoxy) is 1. The van der Waals surface area contributed by atoms with E-state index in [1.54, 1.807) is 6.07 Å². The molecular formula is C23H32Cl2N2O4. The Morgan fingerprint density at radius 3 is 2.45 bits per heavy atom. The van der Waals surface area contributed by atoms with Gasteiger partial charge >= 0.3 is 5.97 Å². The van der Waals surface area contributed by atoms with Crippen LogP contribution in [0.3, 0.4) is 0 Å². The van der Waals surface area contributed by atoms with Crippen LogP contribution in [0.1, 0.15) is 75.1 Å². The first-order valence-corrected chi connectivity index (χ1v) is 11.9. The summed E-state index contributed by atoms with van der Waals surface area (Å²) in [5, 5.41) is 3.33. The Morgan fingerprint density at radius 1 is 1.10 bits per heavy atom. The Labute approximate surface area is 194 Å². The van der Waals surface area contributed by atoms with Crippen molar-refractivity contribution in [3.8, 4) is 0 Å². The first-order valence-electron chi connectivity index (χ1n) is 11.1. The molecule has 1 saturated heterocycles. The smallest absolute Gasteiger partial charge is 0.308 e. The normalized spacial score (nSPS) is 16.2. The molecule has 1 aromatic carbocycles. The van der Waals surface area contributed by atoms with E-state index in [4.69, 9.17) is 27.9 Å². The summed E-state index contributed by atoms with van der Waals surface area (Å²) in [7, 11) is 0. The molecule has 0 aliphatic carbocycles. The van der Waals surface area contributed by atoms with E-state index in [0.717, 1.165) is 19.3 Å². The van der Waals surface area contributed by atoms with E-state index in [2.05, 4.69) is 12.2 Å². The van der Waals surface area contributed by atoms with Gasteiger partial charge in [0.15, 0.2) is 0 Å². The van der Waals surface area contributed by atoms with Crippen molar-refractivity contribution in [2.75, 3.05) is 19.7 Å². The lowest BCUT2D eigenvalue weighted by atomic mass is 10.1. The van der Waals surface area contributed by atoms with E-state index in [1.807, 2.05) is 0 Å². The number of amides is 2. The predicted octanol–water partition coefficient (Wildman–Crippen LogP) is 5.01. The number of esters is 1. The number of hydrogen-bond donors (Lipinski definition) is 1. The van der Waals surface area contributed by atoms with Crippen molar-refractivity contribution in [3.05, 3.63) is 33.8 Å². The van der Waals surface area contributed by atoms with Crippen LogP contribution in [0, 0.1) is 0 Å². The van der Waals surface area contributed by atoms with Crippen molar-refractivity contribution >= 4 is 41.0 Å². The molecule has 1 atom stereocenters. The maximum absolute atomic E-state index is 13.0. The lowest BCUT2D eigenvalue weighted by molar-refractivity contribution is -0.147. The molecule has 6 nitrogen and oxygen atoms in total. The summed E-state index contributed by atoms with van der Waals surface area (Å²) >= 11 is 12.1. The number of carbonyl (C=O) groups is 3. The fourth-order valence-corrected chi connectivity index (χ4v) is 4.11. The molecule has 0 aromatic heterocycles. The molecule has 1 aliphatic heterocycles. The number of halogens is 2. The van der Waals surface area contributed by atoms with Gasteiger partial charge in [0, 0.05) is 18.1 Å². The molecule has 1 unspecified atom stereocenters. The van der Waals surface area contributed by atoms with Crippen LogP contribution in [0.2, 0.25) is 10.0 Å². The number of piperazine rings is 1. The molecule has 0 spiro atoms. The summed E-state index contributed by atoms with van der Waals surface area (Å²) in [5.74, 6) is -1.25. The molecule has 2 amide bonds. The summed E-state index contributed by atoms with van der Waals surface area (Å²) in [6.45, 7) is 3.14. The monoisotopic (exact) mass is 470 g/mol. The zero-order chi connectivity index (χ0) is 22.6. The van der Waals surface area contributed by atoms with Crippen LogP contribution in [-0.4, -0.2) is 48.4 Å². The highest BCUT2D eigenvalue weighted by atomic mass is 35.5. The lowest BCUT2D eigenvalue weighted by Gasteiger charge is -2.34. The summed E-state index contributed by atoms with van der Waals surface area (Å²) in [4.78, 5) is 39.0. The summed E-state index contributed by atoms with van der Waals surface area (Å²) < 4.78 is 5.31. The highest BCUT2D eigenvalue weighted by molar-refractivity contribution is 6.36. The molecule has 31 heavy (non-hydrogen) atoms. The predicted molar refractivity (Wildman–Crippen MR) is 122 cm³/mol. The van der Waals surface area contributed by atoms with Gasteiger partial charge in [0.25, 0.3) is 5.91 Å². The fourth-order valence-electron chi connectivity index (χ4n) is 3.62. The van der Waals surface area contributed by atoms with Gasteiger partial charge in [-0.1, -0.05) is 75.1 Å². The van der Waals surface area contributed by atoms with Crippen LogP contribution in [0.15, 0.2) is 18.2 Å². The Morgan fingerprint density at radius 2 is 1.77 bits per heavy atom. The molecule has 2 rings (SSSR count). The first kappa shape index (κ1) is 25.5. The molecule has 0 saturated carbocycles. The van der Waals surface area contributed by atoms with Gasteiger partial charge in [0.05, 0.1) is 23.6 Å². The van der Waals surface area contributed by atoms with Crippen molar-refractivity contribution < 1.29 is 19.1 Å². The summed E-state index contributed by atoms with van der Waals surface area (Å²) in [6.07, 6.45) is 9.05. The van der Waals surface area contributed by atoms with Crippen LogP contribution in [0.25, 0.3) is 0 Å². The van der Waals surface area contributed by atoms with Gasteiger partial charge in [-0.05, 0) is 24.6 Å². The highest BCUT2D eigenvalue weighted by Gasteiger charge is 2.36. The van der Waals surface area contributed by atoms with E-state index < -0.39 is 17.9 Å². The number of unbranched alkanes of at least 4 members (excludes halogenated alkanes) is 7. The second kappa shape index (κ2) is 13.6. The summed E-state index contributed by atoms with van der Waals surface area (Å²) in [6, 6.07) is 3.65. The first-order chi connectivity index (χ1) is 14.9. The Kier molecular flexibility index (Phi) is 11.2. The van der Waals surface area contributed by atoms with Gasteiger partial charge < -0.3 is 15.0 Å².